The Hall–Kier alpha value is -0.650. The quantitative estimate of drug-likeness (QED) is 0.834. The van der Waals surface area contributed by atoms with Crippen LogP contribution in [0.25, 0.3) is 0 Å². The van der Waals surface area contributed by atoms with Crippen molar-refractivity contribution in [3.05, 3.63) is 0 Å². The van der Waals surface area contributed by atoms with Gasteiger partial charge < -0.3 is 9.84 Å². The van der Waals surface area contributed by atoms with Gasteiger partial charge in [-0.1, -0.05) is 20.8 Å². The Morgan fingerprint density at radius 3 is 2.81 bits per heavy atom. The Balaban J connectivity index is 1.88. The van der Waals surface area contributed by atoms with Crippen LogP contribution >= 0.6 is 0 Å². The zero-order valence-corrected chi connectivity index (χ0v) is 13.6. The largest absolute Gasteiger partial charge is 0.480 e. The Bertz CT molecular complexity index is 348. The molecule has 5 heteroatoms. The van der Waals surface area contributed by atoms with E-state index in [1.54, 1.807) is 0 Å². The third-order valence-electron chi connectivity index (χ3n) is 4.54. The van der Waals surface area contributed by atoms with E-state index in [4.69, 9.17) is 4.74 Å². The number of rotatable bonds is 5. The molecule has 21 heavy (non-hydrogen) atoms. The van der Waals surface area contributed by atoms with Crippen molar-refractivity contribution in [1.29, 1.82) is 0 Å². The fourth-order valence-corrected chi connectivity index (χ4v) is 3.50. The molecule has 0 bridgehead atoms. The summed E-state index contributed by atoms with van der Waals surface area (Å²) in [5, 5.41) is 9.43. The van der Waals surface area contributed by atoms with Crippen molar-refractivity contribution in [2.45, 2.75) is 45.8 Å². The van der Waals surface area contributed by atoms with Crippen molar-refractivity contribution in [2.75, 3.05) is 39.3 Å². The summed E-state index contributed by atoms with van der Waals surface area (Å²) >= 11 is 0. The van der Waals surface area contributed by atoms with Crippen molar-refractivity contribution in [3.8, 4) is 0 Å². The average molecular weight is 298 g/mol. The molecule has 3 unspecified atom stereocenters. The summed E-state index contributed by atoms with van der Waals surface area (Å²) in [4.78, 5) is 16.0. The number of hydrogen-bond donors (Lipinski definition) is 1. The summed E-state index contributed by atoms with van der Waals surface area (Å²) in [6.45, 7) is 12.0. The number of piperidine rings is 1. The Morgan fingerprint density at radius 1 is 1.38 bits per heavy atom. The highest BCUT2D eigenvalue weighted by Crippen LogP contribution is 2.23. The zero-order chi connectivity index (χ0) is 15.4. The van der Waals surface area contributed by atoms with Crippen LogP contribution in [0.1, 0.15) is 33.6 Å². The summed E-state index contributed by atoms with van der Waals surface area (Å²) in [5.74, 6) is 0.481. The van der Waals surface area contributed by atoms with Crippen LogP contribution in [0.4, 0.5) is 0 Å². The van der Waals surface area contributed by atoms with Gasteiger partial charge in [0, 0.05) is 26.2 Å². The molecule has 0 aliphatic carbocycles. The van der Waals surface area contributed by atoms with Gasteiger partial charge in [0.25, 0.3) is 0 Å². The van der Waals surface area contributed by atoms with Gasteiger partial charge in [-0.15, -0.1) is 0 Å². The van der Waals surface area contributed by atoms with E-state index < -0.39 is 5.97 Å². The SMILES string of the molecule is CC(C)CN1CCOC(CN2CCC(C)CC2C(=O)O)C1. The second kappa shape index (κ2) is 7.56. The lowest BCUT2D eigenvalue weighted by molar-refractivity contribution is -0.147. The molecule has 0 radical (unpaired) electrons. The van der Waals surface area contributed by atoms with Crippen LogP contribution in [0.2, 0.25) is 0 Å². The summed E-state index contributed by atoms with van der Waals surface area (Å²) in [6.07, 6.45) is 2.00. The monoisotopic (exact) mass is 298 g/mol. The first-order valence-corrected chi connectivity index (χ1v) is 8.26. The first-order chi connectivity index (χ1) is 9.95. The van der Waals surface area contributed by atoms with E-state index in [9.17, 15) is 9.90 Å². The molecule has 5 nitrogen and oxygen atoms in total. The van der Waals surface area contributed by atoms with Gasteiger partial charge in [-0.3, -0.25) is 14.6 Å². The van der Waals surface area contributed by atoms with Crippen molar-refractivity contribution in [1.82, 2.24) is 9.80 Å². The van der Waals surface area contributed by atoms with Gasteiger partial charge in [0.1, 0.15) is 6.04 Å². The van der Waals surface area contributed by atoms with Crippen molar-refractivity contribution >= 4 is 5.97 Å². The van der Waals surface area contributed by atoms with E-state index in [2.05, 4.69) is 30.6 Å². The molecule has 2 heterocycles. The van der Waals surface area contributed by atoms with E-state index in [1.807, 2.05) is 0 Å². The number of carboxylic acid groups (broad SMARTS) is 1. The second-order valence-electron chi connectivity index (χ2n) is 7.12. The summed E-state index contributed by atoms with van der Waals surface area (Å²) in [6, 6.07) is -0.335. The van der Waals surface area contributed by atoms with Gasteiger partial charge in [0.15, 0.2) is 0 Å². The van der Waals surface area contributed by atoms with E-state index in [0.29, 0.717) is 11.8 Å². The van der Waals surface area contributed by atoms with Crippen LogP contribution in [0.15, 0.2) is 0 Å². The maximum atomic E-state index is 11.5. The molecule has 1 N–H and O–H groups in total. The van der Waals surface area contributed by atoms with Crippen LogP contribution in [0, 0.1) is 11.8 Å². The first-order valence-electron chi connectivity index (χ1n) is 8.26. The minimum Gasteiger partial charge on any atom is -0.480 e. The second-order valence-corrected chi connectivity index (χ2v) is 7.12. The molecular weight excluding hydrogens is 268 g/mol. The molecule has 0 aromatic rings. The Labute approximate surface area is 128 Å². The van der Waals surface area contributed by atoms with Crippen molar-refractivity contribution in [3.63, 3.8) is 0 Å². The van der Waals surface area contributed by atoms with Crippen LogP contribution in [0.3, 0.4) is 0 Å². The molecule has 3 atom stereocenters. The van der Waals surface area contributed by atoms with Gasteiger partial charge in [0.2, 0.25) is 0 Å². The highest BCUT2D eigenvalue weighted by Gasteiger charge is 2.34. The molecule has 2 rings (SSSR count). The first kappa shape index (κ1) is 16.7. The molecule has 2 aliphatic heterocycles. The third-order valence-corrected chi connectivity index (χ3v) is 4.54. The highest BCUT2D eigenvalue weighted by atomic mass is 16.5. The number of morpholine rings is 1. The molecule has 0 aromatic heterocycles. The molecule has 0 spiro atoms. The predicted molar refractivity (Wildman–Crippen MR) is 82.4 cm³/mol. The predicted octanol–water partition coefficient (Wildman–Crippen LogP) is 1.53. The zero-order valence-electron chi connectivity index (χ0n) is 13.6. The van der Waals surface area contributed by atoms with Gasteiger partial charge in [-0.25, -0.2) is 0 Å². The molecule has 0 aromatic carbocycles. The Morgan fingerprint density at radius 2 is 2.14 bits per heavy atom. The summed E-state index contributed by atoms with van der Waals surface area (Å²) in [5.41, 5.74) is 0. The highest BCUT2D eigenvalue weighted by molar-refractivity contribution is 5.73. The lowest BCUT2D eigenvalue weighted by Crippen LogP contribution is -2.54. The normalized spacial score (nSPS) is 32.5. The molecule has 2 aliphatic rings. The van der Waals surface area contributed by atoms with E-state index in [1.165, 1.54) is 0 Å². The number of carbonyl (C=O) groups is 1. The third kappa shape index (κ3) is 4.94. The molecule has 0 saturated carbocycles. The van der Waals surface area contributed by atoms with E-state index in [0.717, 1.165) is 52.2 Å². The maximum Gasteiger partial charge on any atom is 0.320 e. The minimum atomic E-state index is -0.684. The smallest absolute Gasteiger partial charge is 0.320 e. The van der Waals surface area contributed by atoms with Crippen LogP contribution in [-0.4, -0.2) is 72.4 Å². The molecule has 2 fully saturated rings. The van der Waals surface area contributed by atoms with Crippen molar-refractivity contribution < 1.29 is 14.6 Å². The maximum absolute atomic E-state index is 11.5. The van der Waals surface area contributed by atoms with Crippen LogP contribution in [-0.2, 0) is 9.53 Å². The van der Waals surface area contributed by atoms with Gasteiger partial charge in [-0.2, -0.15) is 0 Å². The summed E-state index contributed by atoms with van der Waals surface area (Å²) in [7, 11) is 0. The molecule has 122 valence electrons. The van der Waals surface area contributed by atoms with Gasteiger partial charge >= 0.3 is 5.97 Å². The van der Waals surface area contributed by atoms with E-state index >= 15 is 0 Å². The number of nitrogens with zero attached hydrogens (tertiary/aromatic N) is 2. The number of hydrogen-bond acceptors (Lipinski definition) is 4. The fraction of sp³-hybridized carbons (Fsp3) is 0.938. The number of carboxylic acids is 1. The minimum absolute atomic E-state index is 0.146. The standard InChI is InChI=1S/C16H30N2O3/c1-12(2)9-17-6-7-21-14(10-17)11-18-5-4-13(3)8-15(18)16(19)20/h12-15H,4-11H2,1-3H3,(H,19,20). The van der Waals surface area contributed by atoms with Crippen molar-refractivity contribution in [2.24, 2.45) is 11.8 Å². The number of ether oxygens (including phenoxy) is 1. The number of likely N-dealkylation sites (tertiary alicyclic amines) is 1. The lowest BCUT2D eigenvalue weighted by Gasteiger charge is -2.40. The van der Waals surface area contributed by atoms with Gasteiger partial charge in [-0.05, 0) is 31.2 Å². The average Bonchev–Trinajstić information content (AvgIpc) is 2.40. The fourth-order valence-electron chi connectivity index (χ4n) is 3.50. The topological polar surface area (TPSA) is 53.0 Å². The molecule has 0 amide bonds. The molecular formula is C16H30N2O3. The Kier molecular flexibility index (Phi) is 6.02. The van der Waals surface area contributed by atoms with Crippen LogP contribution < -0.4 is 0 Å². The lowest BCUT2D eigenvalue weighted by atomic mass is 9.92. The number of aliphatic carboxylic acids is 1. The van der Waals surface area contributed by atoms with E-state index in [-0.39, 0.29) is 12.1 Å². The van der Waals surface area contributed by atoms with Gasteiger partial charge in [0.05, 0.1) is 12.7 Å². The summed E-state index contributed by atoms with van der Waals surface area (Å²) < 4.78 is 5.87. The molecule has 2 saturated heterocycles. The van der Waals surface area contributed by atoms with Crippen LogP contribution in [0.5, 0.6) is 0 Å².